The number of hydrogen-bond donors (Lipinski definition) is 0. The van der Waals surface area contributed by atoms with Crippen LogP contribution < -0.4 is 0 Å². The number of alkyl halides is 3. The van der Waals surface area contributed by atoms with Crippen LogP contribution in [0.2, 0.25) is 0 Å². The van der Waals surface area contributed by atoms with Gasteiger partial charge in [0.25, 0.3) is 0 Å². The number of aliphatic imine (C=N–C) groups is 2. The number of carbonyl (C=O) groups is 1. The van der Waals surface area contributed by atoms with E-state index >= 15 is 0 Å². The number of aldehydes is 1. The van der Waals surface area contributed by atoms with E-state index in [0.717, 1.165) is 19.3 Å². The zero-order chi connectivity index (χ0) is 23.2. The minimum atomic E-state index is -5.92. The zero-order valence-electron chi connectivity index (χ0n) is 17.8. The molecule has 1 heterocycles. The highest BCUT2D eigenvalue weighted by atomic mass is 32.2. The lowest BCUT2D eigenvalue weighted by Crippen LogP contribution is -2.39. The van der Waals surface area contributed by atoms with E-state index < -0.39 is 33.7 Å². The van der Waals surface area contributed by atoms with E-state index in [1.54, 1.807) is 0 Å². The van der Waals surface area contributed by atoms with Gasteiger partial charge in [-0.2, -0.15) is 21.6 Å². The molecule has 11 heteroatoms. The summed E-state index contributed by atoms with van der Waals surface area (Å²) in [7, 11) is -4.65. The summed E-state index contributed by atoms with van der Waals surface area (Å²) in [6, 6.07) is 0. The third kappa shape index (κ3) is 6.90. The molecule has 2 atom stereocenters. The van der Waals surface area contributed by atoms with Crippen molar-refractivity contribution >= 4 is 28.1 Å². The van der Waals surface area contributed by atoms with Crippen LogP contribution in [0.25, 0.3) is 0 Å². The number of methoxy groups -OCH3 is 1. The maximum Gasteiger partial charge on any atom is 0.534 e. The van der Waals surface area contributed by atoms with Crippen LogP contribution in [-0.2, 0) is 23.8 Å². The molecule has 0 bridgehead atoms. The molecule has 2 rings (SSSR count). The lowest BCUT2D eigenvalue weighted by Gasteiger charge is -2.29. The summed E-state index contributed by atoms with van der Waals surface area (Å²) in [6.45, 7) is 7.51. The highest BCUT2D eigenvalue weighted by Gasteiger charge is 2.51. The molecule has 1 fully saturated rings. The molecule has 0 N–H and O–H groups in total. The summed E-state index contributed by atoms with van der Waals surface area (Å²) in [5.41, 5.74) is -5.00. The monoisotopic (exact) mass is 454 g/mol. The van der Waals surface area contributed by atoms with Crippen molar-refractivity contribution in [2.24, 2.45) is 21.3 Å². The van der Waals surface area contributed by atoms with Gasteiger partial charge < -0.3 is 8.92 Å². The lowest BCUT2D eigenvalue weighted by molar-refractivity contribution is -0.104. The SMILES string of the molecule is CC.COC1N=C(C)N=C(OS(=O)(=O)C(F)(F)F)C1/C(=C\C=O)CCCC1(C)CC1. The van der Waals surface area contributed by atoms with Gasteiger partial charge in [-0.1, -0.05) is 26.3 Å². The Kier molecular flexibility index (Phi) is 9.22. The number of ether oxygens (including phenoxy) is 1. The molecule has 0 radical (unpaired) electrons. The van der Waals surface area contributed by atoms with Crippen LogP contribution in [0.1, 0.15) is 59.8 Å². The fourth-order valence-corrected chi connectivity index (χ4v) is 3.47. The van der Waals surface area contributed by atoms with Gasteiger partial charge in [0.1, 0.15) is 18.0 Å². The van der Waals surface area contributed by atoms with Gasteiger partial charge in [0.2, 0.25) is 5.90 Å². The smallest absolute Gasteiger partial charge is 0.359 e. The summed E-state index contributed by atoms with van der Waals surface area (Å²) >= 11 is 0. The number of hydrogen-bond acceptors (Lipinski definition) is 7. The molecule has 0 aromatic rings. The summed E-state index contributed by atoms with van der Waals surface area (Å²) in [5.74, 6) is -1.85. The molecule has 2 unspecified atom stereocenters. The highest BCUT2D eigenvalue weighted by molar-refractivity contribution is 7.88. The van der Waals surface area contributed by atoms with Crippen LogP contribution in [0.3, 0.4) is 0 Å². The van der Waals surface area contributed by atoms with Crippen molar-refractivity contribution in [1.29, 1.82) is 0 Å². The molecule has 0 amide bonds. The van der Waals surface area contributed by atoms with Crippen LogP contribution >= 0.6 is 0 Å². The molecule has 172 valence electrons. The number of nitrogens with zero attached hydrogens (tertiary/aromatic N) is 2. The standard InChI is InChI=1S/C17H23F3N2O5S.C2H6/c1-11-21-14(26-3)13(15(22-11)27-28(24,25)17(18,19)20)12(6-10-23)5-4-7-16(2)8-9-16;1-2/h6,10,13-14H,4-5,7-9H2,1-3H3;1-2H3/b12-6-;. The van der Waals surface area contributed by atoms with Crippen molar-refractivity contribution in [3.63, 3.8) is 0 Å². The third-order valence-corrected chi connectivity index (χ3v) is 5.85. The first-order valence-corrected chi connectivity index (χ1v) is 11.1. The maximum absolute atomic E-state index is 12.8. The second kappa shape index (κ2) is 10.5. The Hall–Kier alpha value is -1.75. The Morgan fingerprint density at radius 1 is 1.30 bits per heavy atom. The average molecular weight is 455 g/mol. The maximum atomic E-state index is 12.8. The van der Waals surface area contributed by atoms with Crippen LogP contribution in [0, 0.1) is 11.3 Å². The molecule has 1 aliphatic carbocycles. The van der Waals surface area contributed by atoms with E-state index in [2.05, 4.69) is 21.1 Å². The van der Waals surface area contributed by atoms with E-state index in [1.807, 2.05) is 13.8 Å². The predicted octanol–water partition coefficient (Wildman–Crippen LogP) is 4.39. The first kappa shape index (κ1) is 26.3. The van der Waals surface area contributed by atoms with Gasteiger partial charge in [0.05, 0.1) is 0 Å². The second-order valence-corrected chi connectivity index (χ2v) is 8.79. The number of allylic oxidation sites excluding steroid dienone is 1. The van der Waals surface area contributed by atoms with Crippen LogP contribution in [0.15, 0.2) is 21.6 Å². The van der Waals surface area contributed by atoms with Crippen molar-refractivity contribution in [1.82, 2.24) is 0 Å². The molecule has 30 heavy (non-hydrogen) atoms. The lowest BCUT2D eigenvalue weighted by atomic mass is 9.89. The molecule has 0 spiro atoms. The van der Waals surface area contributed by atoms with E-state index in [4.69, 9.17) is 4.74 Å². The van der Waals surface area contributed by atoms with E-state index in [9.17, 15) is 26.4 Å². The van der Waals surface area contributed by atoms with E-state index in [1.165, 1.54) is 20.1 Å². The fourth-order valence-electron chi connectivity index (χ4n) is 3.01. The van der Waals surface area contributed by atoms with Gasteiger partial charge in [0, 0.05) is 7.11 Å². The molecule has 0 aromatic carbocycles. The minimum absolute atomic E-state index is 0.00594. The fraction of sp³-hybridized carbons (Fsp3) is 0.737. The van der Waals surface area contributed by atoms with E-state index in [0.29, 0.717) is 24.7 Å². The first-order valence-electron chi connectivity index (χ1n) is 9.73. The van der Waals surface area contributed by atoms with Crippen molar-refractivity contribution < 1.29 is 35.3 Å². The first-order chi connectivity index (χ1) is 13.9. The molecule has 1 saturated carbocycles. The Morgan fingerprint density at radius 3 is 2.37 bits per heavy atom. The Bertz CT molecular complexity index is 799. The number of carbonyl (C=O) groups excluding carboxylic acids is 1. The molecule has 0 aromatic heterocycles. The molecular formula is C19H29F3N2O5S. The van der Waals surface area contributed by atoms with Crippen LogP contribution in [-0.4, -0.2) is 45.3 Å². The summed E-state index contributed by atoms with van der Waals surface area (Å²) in [6.07, 6.45) is 4.72. The number of halogens is 3. The van der Waals surface area contributed by atoms with Crippen molar-refractivity contribution in [3.8, 4) is 0 Å². The Balaban J connectivity index is 0.00000218. The van der Waals surface area contributed by atoms with Gasteiger partial charge in [-0.25, -0.2) is 9.98 Å². The topological polar surface area (TPSA) is 94.4 Å². The summed E-state index contributed by atoms with van der Waals surface area (Å²) in [5, 5.41) is 0. The largest absolute Gasteiger partial charge is 0.534 e. The predicted molar refractivity (Wildman–Crippen MR) is 108 cm³/mol. The number of amidine groups is 1. The minimum Gasteiger partial charge on any atom is -0.359 e. The Morgan fingerprint density at radius 2 is 1.90 bits per heavy atom. The molecule has 2 aliphatic rings. The molecule has 1 aliphatic heterocycles. The quantitative estimate of drug-likeness (QED) is 0.235. The normalized spacial score (nSPS) is 23.5. The third-order valence-electron chi connectivity index (χ3n) is 4.89. The Labute approximate surface area is 175 Å². The zero-order valence-corrected chi connectivity index (χ0v) is 18.6. The average Bonchev–Trinajstić information content (AvgIpc) is 3.38. The second-order valence-electron chi connectivity index (χ2n) is 7.26. The summed E-state index contributed by atoms with van der Waals surface area (Å²) in [4.78, 5) is 19.0. The van der Waals surface area contributed by atoms with Crippen molar-refractivity contribution in [3.05, 3.63) is 11.6 Å². The van der Waals surface area contributed by atoms with Gasteiger partial charge in [-0.3, -0.25) is 4.79 Å². The van der Waals surface area contributed by atoms with E-state index in [-0.39, 0.29) is 11.3 Å². The van der Waals surface area contributed by atoms with Gasteiger partial charge in [0.15, 0.2) is 6.23 Å². The number of rotatable bonds is 8. The molecule has 0 saturated heterocycles. The summed E-state index contributed by atoms with van der Waals surface area (Å²) < 4.78 is 70.9. The van der Waals surface area contributed by atoms with Crippen molar-refractivity contribution in [2.75, 3.05) is 7.11 Å². The van der Waals surface area contributed by atoms with Crippen LogP contribution in [0.4, 0.5) is 13.2 Å². The molecular weight excluding hydrogens is 425 g/mol. The van der Waals surface area contributed by atoms with Crippen LogP contribution in [0.5, 0.6) is 0 Å². The van der Waals surface area contributed by atoms with Gasteiger partial charge >= 0.3 is 15.6 Å². The van der Waals surface area contributed by atoms with Crippen molar-refractivity contribution in [2.45, 2.75) is 71.5 Å². The van der Waals surface area contributed by atoms with Gasteiger partial charge in [-0.15, -0.1) is 0 Å². The highest BCUT2D eigenvalue weighted by Crippen LogP contribution is 2.49. The van der Waals surface area contributed by atoms with Gasteiger partial charge in [-0.05, 0) is 50.5 Å². The molecule has 7 nitrogen and oxygen atoms in total.